The Balaban J connectivity index is 1.28. The van der Waals surface area contributed by atoms with Gasteiger partial charge in [0.05, 0.1) is 25.3 Å². The summed E-state index contributed by atoms with van der Waals surface area (Å²) in [7, 11) is 0. The van der Waals surface area contributed by atoms with E-state index in [2.05, 4.69) is 25.8 Å². The van der Waals surface area contributed by atoms with Crippen molar-refractivity contribution in [3.05, 3.63) is 0 Å². The number of urea groups is 1. The van der Waals surface area contributed by atoms with E-state index >= 15 is 0 Å². The molecule has 0 aromatic heterocycles. The van der Waals surface area contributed by atoms with Crippen LogP contribution in [0.2, 0.25) is 0 Å². The van der Waals surface area contributed by atoms with Crippen LogP contribution in [0.3, 0.4) is 0 Å². The van der Waals surface area contributed by atoms with E-state index in [-0.39, 0.29) is 30.8 Å². The zero-order valence-corrected chi connectivity index (χ0v) is 18.8. The largest absolute Gasteiger partial charge is 0.394 e. The highest BCUT2D eigenvalue weighted by atomic mass is 16.5. The minimum atomic E-state index is -0.744. The molecule has 1 saturated carbocycles. The first-order valence-corrected chi connectivity index (χ1v) is 12.5. The van der Waals surface area contributed by atoms with Gasteiger partial charge in [-0.05, 0) is 25.7 Å². The van der Waals surface area contributed by atoms with Crippen LogP contribution in [-0.4, -0.2) is 108 Å². The van der Waals surface area contributed by atoms with Crippen LogP contribution >= 0.6 is 0 Å². The van der Waals surface area contributed by atoms with E-state index in [0.717, 1.165) is 39.0 Å². The van der Waals surface area contributed by atoms with Gasteiger partial charge in [-0.15, -0.1) is 0 Å². The van der Waals surface area contributed by atoms with E-state index in [4.69, 9.17) is 4.74 Å². The van der Waals surface area contributed by atoms with Crippen LogP contribution in [0.1, 0.15) is 51.4 Å². The summed E-state index contributed by atoms with van der Waals surface area (Å²) >= 11 is 0. The molecule has 0 aromatic rings. The highest BCUT2D eigenvalue weighted by molar-refractivity contribution is 5.74. The number of nitrogens with two attached hydrogens (primary N) is 1. The van der Waals surface area contributed by atoms with Crippen LogP contribution in [0.5, 0.6) is 0 Å². The first-order chi connectivity index (χ1) is 15.2. The van der Waals surface area contributed by atoms with Gasteiger partial charge in [-0.25, -0.2) is 4.79 Å². The molecule has 2 amide bonds. The minimum absolute atomic E-state index is 0.158. The number of rotatable bonds is 6. The van der Waals surface area contributed by atoms with Gasteiger partial charge >= 0.3 is 6.03 Å². The molecule has 0 spiro atoms. The summed E-state index contributed by atoms with van der Waals surface area (Å²) in [5, 5.41) is 29.0. The van der Waals surface area contributed by atoms with Crippen molar-refractivity contribution >= 4 is 6.03 Å². The highest BCUT2D eigenvalue weighted by Gasteiger charge is 2.47. The molecular formula is C22H42N5O4+. The molecule has 1 aliphatic carbocycles. The van der Waals surface area contributed by atoms with Crippen molar-refractivity contribution in [3.63, 3.8) is 0 Å². The van der Waals surface area contributed by atoms with Gasteiger partial charge in [0.15, 0.2) is 0 Å². The summed E-state index contributed by atoms with van der Waals surface area (Å²) in [6.45, 7) is 5.06. The Labute approximate surface area is 185 Å². The lowest BCUT2D eigenvalue weighted by molar-refractivity contribution is -0.717. The van der Waals surface area contributed by atoms with E-state index < -0.39 is 12.2 Å². The van der Waals surface area contributed by atoms with Gasteiger partial charge < -0.3 is 30.9 Å². The van der Waals surface area contributed by atoms with E-state index in [9.17, 15) is 15.0 Å². The van der Waals surface area contributed by atoms with E-state index in [1.165, 1.54) is 45.1 Å². The Bertz CT molecular complexity index is 562. The molecule has 31 heavy (non-hydrogen) atoms. The normalized spacial score (nSPS) is 36.4. The molecule has 9 nitrogen and oxygen atoms in total. The summed E-state index contributed by atoms with van der Waals surface area (Å²) in [5.74, 6) is 0. The van der Waals surface area contributed by atoms with E-state index in [0.29, 0.717) is 12.7 Å². The Morgan fingerprint density at radius 2 is 1.68 bits per heavy atom. The topological polar surface area (TPSA) is 114 Å². The average molecular weight is 441 g/mol. The third kappa shape index (κ3) is 5.89. The molecule has 4 fully saturated rings. The number of carbonyl (C=O) groups is 1. The molecule has 3 heterocycles. The number of piperazine rings is 1. The lowest BCUT2D eigenvalue weighted by atomic mass is 9.96. The number of nitrogens with one attached hydrogen (secondary N) is 2. The molecule has 9 heteroatoms. The van der Waals surface area contributed by atoms with E-state index in [1.807, 2.05) is 0 Å². The summed E-state index contributed by atoms with van der Waals surface area (Å²) in [6.07, 6.45) is 8.50. The molecule has 0 aromatic carbocycles. The predicted octanol–water partition coefficient (Wildman–Crippen LogP) is -1.20. The molecule has 3 aliphatic heterocycles. The van der Waals surface area contributed by atoms with Crippen LogP contribution in [-0.2, 0) is 4.74 Å². The van der Waals surface area contributed by atoms with Crippen LogP contribution in [0.15, 0.2) is 0 Å². The quantitative estimate of drug-likeness (QED) is 0.355. The summed E-state index contributed by atoms with van der Waals surface area (Å²) in [4.78, 5) is 17.2. The van der Waals surface area contributed by atoms with Crippen molar-refractivity contribution in [2.45, 2.75) is 87.9 Å². The third-order valence-corrected chi connectivity index (χ3v) is 7.68. The van der Waals surface area contributed by atoms with Gasteiger partial charge in [0.25, 0.3) is 0 Å². The van der Waals surface area contributed by atoms with Gasteiger partial charge in [0.2, 0.25) is 0 Å². The monoisotopic (exact) mass is 440 g/mol. The Hall–Kier alpha value is -0.970. The smallest absolute Gasteiger partial charge is 0.315 e. The van der Waals surface area contributed by atoms with Gasteiger partial charge in [-0.2, -0.15) is 0 Å². The number of amides is 2. The Morgan fingerprint density at radius 3 is 2.35 bits per heavy atom. The van der Waals surface area contributed by atoms with Gasteiger partial charge in [0.1, 0.15) is 18.4 Å². The number of nitrogens with zero attached hydrogens (tertiary/aromatic N) is 2. The lowest BCUT2D eigenvalue weighted by Crippen LogP contribution is -2.95. The maximum Gasteiger partial charge on any atom is 0.315 e. The van der Waals surface area contributed by atoms with Crippen molar-refractivity contribution in [1.82, 2.24) is 20.4 Å². The molecule has 5 atom stereocenters. The fraction of sp³-hybridized carbons (Fsp3) is 0.955. The van der Waals surface area contributed by atoms with Crippen molar-refractivity contribution in [2.75, 3.05) is 45.9 Å². The number of ether oxygens (including phenoxy) is 1. The minimum Gasteiger partial charge on any atom is -0.394 e. The molecule has 1 unspecified atom stereocenters. The predicted molar refractivity (Wildman–Crippen MR) is 117 cm³/mol. The van der Waals surface area contributed by atoms with Crippen LogP contribution in [0.4, 0.5) is 4.79 Å². The second kappa shape index (κ2) is 11.2. The molecule has 3 saturated heterocycles. The van der Waals surface area contributed by atoms with Crippen molar-refractivity contribution < 1.29 is 25.1 Å². The molecule has 6 N–H and O–H groups in total. The number of hydrogen-bond donors (Lipinski definition) is 5. The SMILES string of the molecule is O=C(NC[C@@H]1O[C@@H](CO)[C@@H](O)[C@H]1N1CCN(C2CCCC[NH2+]2)CC1)NC1CCCCC1. The first-order valence-electron chi connectivity index (χ1n) is 12.5. The maximum atomic E-state index is 12.4. The number of carbonyl (C=O) groups excluding carboxylic acids is 1. The number of piperidine rings is 1. The fourth-order valence-electron chi connectivity index (χ4n) is 5.90. The van der Waals surface area contributed by atoms with Crippen LogP contribution < -0.4 is 16.0 Å². The van der Waals surface area contributed by atoms with Gasteiger partial charge in [0, 0.05) is 45.2 Å². The van der Waals surface area contributed by atoms with Gasteiger partial charge in [-0.1, -0.05) is 19.3 Å². The second-order valence-electron chi connectivity index (χ2n) is 9.73. The molecule has 0 bridgehead atoms. The van der Waals surface area contributed by atoms with Crippen molar-refractivity contribution in [3.8, 4) is 0 Å². The summed E-state index contributed by atoms with van der Waals surface area (Å²) in [5.41, 5.74) is 0. The van der Waals surface area contributed by atoms with E-state index in [1.54, 1.807) is 0 Å². The van der Waals surface area contributed by atoms with Crippen LogP contribution in [0, 0.1) is 0 Å². The summed E-state index contributed by atoms with van der Waals surface area (Å²) < 4.78 is 5.97. The van der Waals surface area contributed by atoms with Gasteiger partial charge in [-0.3, -0.25) is 9.80 Å². The lowest BCUT2D eigenvalue weighted by Gasteiger charge is -2.42. The maximum absolute atomic E-state index is 12.4. The third-order valence-electron chi connectivity index (χ3n) is 7.68. The van der Waals surface area contributed by atoms with Crippen molar-refractivity contribution in [2.24, 2.45) is 0 Å². The number of aliphatic hydroxyl groups is 2. The number of hydrogen-bond acceptors (Lipinski definition) is 6. The standard InChI is InChI=1S/C22H41N5O4/c28-15-18-21(29)20(27-12-10-26(11-13-27)19-8-4-5-9-23-19)17(31-18)14-24-22(30)25-16-6-2-1-3-7-16/h16-21,23,28-29H,1-15H2,(H2,24,25,30)/p+1/t17-,18-,19?,20-,21+/m0/s1. The number of quaternary nitrogens is 1. The highest BCUT2D eigenvalue weighted by Crippen LogP contribution is 2.27. The molecule has 4 aliphatic rings. The first kappa shape index (κ1) is 23.2. The zero-order chi connectivity index (χ0) is 21.6. The Morgan fingerprint density at radius 1 is 0.968 bits per heavy atom. The fourth-order valence-corrected chi connectivity index (χ4v) is 5.90. The Kier molecular flexibility index (Phi) is 8.42. The molecular weight excluding hydrogens is 398 g/mol. The number of aliphatic hydroxyl groups excluding tert-OH is 2. The average Bonchev–Trinajstić information content (AvgIpc) is 3.14. The molecule has 178 valence electrons. The van der Waals surface area contributed by atoms with Crippen molar-refractivity contribution in [1.29, 1.82) is 0 Å². The molecule has 4 rings (SSSR count). The molecule has 0 radical (unpaired) electrons. The second-order valence-corrected chi connectivity index (χ2v) is 9.73. The van der Waals surface area contributed by atoms with Crippen LogP contribution in [0.25, 0.3) is 0 Å². The summed E-state index contributed by atoms with van der Waals surface area (Å²) in [6, 6.07) is -0.104. The zero-order valence-electron chi connectivity index (χ0n) is 18.8.